The monoisotopic (exact) mass is 322 g/mol. The van der Waals surface area contributed by atoms with Gasteiger partial charge in [0.2, 0.25) is 0 Å². The summed E-state index contributed by atoms with van der Waals surface area (Å²) < 4.78 is 29.9. The van der Waals surface area contributed by atoms with Crippen LogP contribution in [0.1, 0.15) is 25.0 Å². The average Bonchev–Trinajstić information content (AvgIpc) is 2.95. The van der Waals surface area contributed by atoms with Crippen LogP contribution in [0.5, 0.6) is 0 Å². The summed E-state index contributed by atoms with van der Waals surface area (Å²) in [5.74, 6) is 0. The molecular formula is C15H22N4O2S. The highest BCUT2D eigenvalue weighted by Gasteiger charge is 2.17. The standard InChI is InChI=1S/C15H22N4O2S/c1-3-19(4-2)22(20,21)17-11-15-10-16-18(13-15)12-14-8-6-5-7-9-14/h5-10,13,17H,3-4,11-12H2,1-2H3. The van der Waals surface area contributed by atoms with Gasteiger partial charge in [-0.1, -0.05) is 44.2 Å². The van der Waals surface area contributed by atoms with Crippen molar-refractivity contribution in [3.63, 3.8) is 0 Å². The maximum absolute atomic E-state index is 12.1. The predicted octanol–water partition coefficient (Wildman–Crippen LogP) is 1.61. The highest BCUT2D eigenvalue weighted by molar-refractivity contribution is 7.87. The molecule has 0 atom stereocenters. The van der Waals surface area contributed by atoms with E-state index in [0.717, 1.165) is 11.1 Å². The van der Waals surface area contributed by atoms with Crippen LogP contribution in [-0.2, 0) is 23.3 Å². The number of rotatable bonds is 8. The van der Waals surface area contributed by atoms with Crippen molar-refractivity contribution in [1.29, 1.82) is 0 Å². The van der Waals surface area contributed by atoms with E-state index in [0.29, 0.717) is 19.6 Å². The summed E-state index contributed by atoms with van der Waals surface area (Å²) in [6.45, 7) is 5.47. The van der Waals surface area contributed by atoms with Gasteiger partial charge in [0.05, 0.1) is 12.7 Å². The number of hydrogen-bond acceptors (Lipinski definition) is 3. The molecular weight excluding hydrogens is 300 g/mol. The molecule has 0 saturated carbocycles. The molecule has 6 nitrogen and oxygen atoms in total. The fourth-order valence-electron chi connectivity index (χ4n) is 2.18. The van der Waals surface area contributed by atoms with Crippen LogP contribution in [0.2, 0.25) is 0 Å². The molecule has 0 amide bonds. The first-order valence-corrected chi connectivity index (χ1v) is 8.79. The minimum Gasteiger partial charge on any atom is -0.268 e. The molecule has 0 radical (unpaired) electrons. The maximum Gasteiger partial charge on any atom is 0.279 e. The Morgan fingerprint density at radius 2 is 1.82 bits per heavy atom. The zero-order valence-electron chi connectivity index (χ0n) is 12.9. The first-order valence-electron chi connectivity index (χ1n) is 7.35. The van der Waals surface area contributed by atoms with Crippen molar-refractivity contribution in [2.45, 2.75) is 26.9 Å². The van der Waals surface area contributed by atoms with E-state index in [1.165, 1.54) is 4.31 Å². The number of benzene rings is 1. The first kappa shape index (κ1) is 16.7. The van der Waals surface area contributed by atoms with E-state index in [9.17, 15) is 8.42 Å². The minimum absolute atomic E-state index is 0.244. The van der Waals surface area contributed by atoms with Gasteiger partial charge in [-0.15, -0.1) is 0 Å². The molecule has 120 valence electrons. The Balaban J connectivity index is 1.95. The summed E-state index contributed by atoms with van der Waals surface area (Å²) in [4.78, 5) is 0. The third-order valence-corrected chi connectivity index (χ3v) is 5.08. The molecule has 0 aliphatic rings. The summed E-state index contributed by atoms with van der Waals surface area (Å²) in [5.41, 5.74) is 1.99. The third kappa shape index (κ3) is 4.40. The van der Waals surface area contributed by atoms with Gasteiger partial charge in [0, 0.05) is 31.4 Å². The van der Waals surface area contributed by atoms with Crippen molar-refractivity contribution in [2.24, 2.45) is 0 Å². The van der Waals surface area contributed by atoms with Gasteiger partial charge < -0.3 is 0 Å². The molecule has 0 bridgehead atoms. The lowest BCUT2D eigenvalue weighted by Gasteiger charge is -2.18. The molecule has 0 unspecified atom stereocenters. The summed E-state index contributed by atoms with van der Waals surface area (Å²) >= 11 is 0. The van der Waals surface area contributed by atoms with E-state index in [-0.39, 0.29) is 6.54 Å². The molecule has 1 N–H and O–H groups in total. The van der Waals surface area contributed by atoms with Gasteiger partial charge in [0.1, 0.15) is 0 Å². The van der Waals surface area contributed by atoms with E-state index < -0.39 is 10.2 Å². The molecule has 0 aliphatic carbocycles. The van der Waals surface area contributed by atoms with E-state index >= 15 is 0 Å². The van der Waals surface area contributed by atoms with E-state index in [2.05, 4.69) is 9.82 Å². The van der Waals surface area contributed by atoms with Gasteiger partial charge in [-0.25, -0.2) is 0 Å². The highest BCUT2D eigenvalue weighted by atomic mass is 32.2. The van der Waals surface area contributed by atoms with Crippen LogP contribution < -0.4 is 4.72 Å². The molecule has 0 aliphatic heterocycles. The normalized spacial score (nSPS) is 12.0. The predicted molar refractivity (Wildman–Crippen MR) is 86.5 cm³/mol. The van der Waals surface area contributed by atoms with Crippen LogP contribution >= 0.6 is 0 Å². The van der Waals surface area contributed by atoms with Crippen LogP contribution in [-0.4, -0.2) is 35.6 Å². The Morgan fingerprint density at radius 3 is 2.45 bits per heavy atom. The second-order valence-electron chi connectivity index (χ2n) is 4.94. The van der Waals surface area contributed by atoms with Crippen molar-refractivity contribution in [3.8, 4) is 0 Å². The SMILES string of the molecule is CCN(CC)S(=O)(=O)NCc1cnn(Cc2ccccc2)c1. The second-order valence-corrected chi connectivity index (χ2v) is 6.70. The fraction of sp³-hybridized carbons (Fsp3) is 0.400. The van der Waals surface area contributed by atoms with Crippen molar-refractivity contribution >= 4 is 10.2 Å². The van der Waals surface area contributed by atoms with Gasteiger partial charge in [-0.3, -0.25) is 4.68 Å². The quantitative estimate of drug-likeness (QED) is 0.803. The highest BCUT2D eigenvalue weighted by Crippen LogP contribution is 2.05. The summed E-state index contributed by atoms with van der Waals surface area (Å²) in [6.07, 6.45) is 3.55. The van der Waals surface area contributed by atoms with Gasteiger partial charge in [0.25, 0.3) is 10.2 Å². The molecule has 1 heterocycles. The van der Waals surface area contributed by atoms with E-state index in [1.54, 1.807) is 10.9 Å². The Hall–Kier alpha value is -1.70. The lowest BCUT2D eigenvalue weighted by molar-refractivity contribution is 0.434. The van der Waals surface area contributed by atoms with Crippen molar-refractivity contribution in [2.75, 3.05) is 13.1 Å². The Morgan fingerprint density at radius 1 is 1.14 bits per heavy atom. The molecule has 7 heteroatoms. The zero-order chi connectivity index (χ0) is 16.0. The zero-order valence-corrected chi connectivity index (χ0v) is 13.8. The molecule has 0 spiro atoms. The Kier molecular flexibility index (Phi) is 5.70. The molecule has 22 heavy (non-hydrogen) atoms. The van der Waals surface area contributed by atoms with Gasteiger partial charge in [0.15, 0.2) is 0 Å². The van der Waals surface area contributed by atoms with Crippen LogP contribution in [0.25, 0.3) is 0 Å². The maximum atomic E-state index is 12.1. The largest absolute Gasteiger partial charge is 0.279 e. The minimum atomic E-state index is -3.42. The molecule has 1 aromatic heterocycles. The number of nitrogens with zero attached hydrogens (tertiary/aromatic N) is 3. The average molecular weight is 322 g/mol. The van der Waals surface area contributed by atoms with Crippen molar-refractivity contribution < 1.29 is 8.42 Å². The van der Waals surface area contributed by atoms with Gasteiger partial charge in [-0.2, -0.15) is 22.5 Å². The van der Waals surface area contributed by atoms with Crippen molar-refractivity contribution in [1.82, 2.24) is 18.8 Å². The molecule has 0 saturated heterocycles. The Bertz CT molecular complexity index is 679. The van der Waals surface area contributed by atoms with E-state index in [1.807, 2.05) is 50.4 Å². The fourth-order valence-corrected chi connectivity index (χ4v) is 3.40. The van der Waals surface area contributed by atoms with Gasteiger partial charge in [-0.05, 0) is 5.56 Å². The Labute approximate surface area is 131 Å². The topological polar surface area (TPSA) is 67.2 Å². The molecule has 2 rings (SSSR count). The lowest BCUT2D eigenvalue weighted by atomic mass is 10.2. The number of hydrogen-bond donors (Lipinski definition) is 1. The lowest BCUT2D eigenvalue weighted by Crippen LogP contribution is -2.40. The molecule has 1 aromatic carbocycles. The van der Waals surface area contributed by atoms with Crippen LogP contribution in [0.15, 0.2) is 42.7 Å². The number of aromatic nitrogens is 2. The van der Waals surface area contributed by atoms with Crippen LogP contribution in [0, 0.1) is 0 Å². The summed E-state index contributed by atoms with van der Waals surface area (Å²) in [7, 11) is -3.42. The second kappa shape index (κ2) is 7.53. The molecule has 2 aromatic rings. The van der Waals surface area contributed by atoms with Crippen LogP contribution in [0.4, 0.5) is 0 Å². The summed E-state index contributed by atoms with van der Waals surface area (Å²) in [5, 5.41) is 4.27. The van der Waals surface area contributed by atoms with Crippen molar-refractivity contribution in [3.05, 3.63) is 53.9 Å². The third-order valence-electron chi connectivity index (χ3n) is 3.38. The van der Waals surface area contributed by atoms with Crippen LogP contribution in [0.3, 0.4) is 0 Å². The smallest absolute Gasteiger partial charge is 0.268 e. The number of nitrogens with one attached hydrogen (secondary N) is 1. The first-order chi connectivity index (χ1) is 10.5. The summed E-state index contributed by atoms with van der Waals surface area (Å²) in [6, 6.07) is 10.0. The van der Waals surface area contributed by atoms with Gasteiger partial charge >= 0.3 is 0 Å². The molecule has 0 fully saturated rings. The van der Waals surface area contributed by atoms with E-state index in [4.69, 9.17) is 0 Å².